The van der Waals surface area contributed by atoms with Gasteiger partial charge in [-0.05, 0) is 0 Å². The lowest BCUT2D eigenvalue weighted by Crippen LogP contribution is -2.72. The summed E-state index contributed by atoms with van der Waals surface area (Å²) in [6.07, 6.45) is 0.850. The zero-order valence-corrected chi connectivity index (χ0v) is 5.47. The lowest BCUT2D eigenvalue weighted by Gasteiger charge is -1.98. The third-order valence-corrected chi connectivity index (χ3v) is 1.17. The first-order valence-electron chi connectivity index (χ1n) is 3.01. The number of carboxylic acids is 1. The molecule has 0 spiro atoms. The quantitative estimate of drug-likeness (QED) is 0.403. The summed E-state index contributed by atoms with van der Waals surface area (Å²) in [5, 5.41) is 8.21. The summed E-state index contributed by atoms with van der Waals surface area (Å²) < 4.78 is 0. The minimum absolute atomic E-state index is 0.195. The fourth-order valence-corrected chi connectivity index (χ4v) is 0.472. The molecule has 0 aliphatic carbocycles. The Bertz CT molecular complexity index is 95.0. The Hall–Kier alpha value is -0.610. The normalized spacial score (nSPS) is 13.1. The number of hydrogen-bond donors (Lipinski definition) is 3. The smallest absolute Gasteiger partial charge is 0.303 e. The molecule has 0 rings (SSSR count). The van der Waals surface area contributed by atoms with Crippen molar-refractivity contribution in [3.8, 4) is 0 Å². The van der Waals surface area contributed by atoms with E-state index < -0.39 is 5.97 Å². The second-order valence-corrected chi connectivity index (χ2v) is 2.09. The SMILES string of the molecule is [NH3+]C[C@H]([NH3+])CCC(=O)O. The van der Waals surface area contributed by atoms with E-state index in [-0.39, 0.29) is 12.5 Å². The molecular weight excluding hydrogens is 120 g/mol. The van der Waals surface area contributed by atoms with Gasteiger partial charge in [-0.15, -0.1) is 0 Å². The van der Waals surface area contributed by atoms with Gasteiger partial charge < -0.3 is 16.6 Å². The maximum absolute atomic E-state index is 9.97. The average Bonchev–Trinajstić information content (AvgIpc) is 1.83. The minimum Gasteiger partial charge on any atom is -0.481 e. The van der Waals surface area contributed by atoms with Gasteiger partial charge in [0.2, 0.25) is 0 Å². The first-order chi connectivity index (χ1) is 4.16. The fraction of sp³-hybridized carbons (Fsp3) is 0.800. The molecule has 0 aromatic carbocycles. The Labute approximate surface area is 53.8 Å². The molecule has 7 N–H and O–H groups in total. The predicted molar refractivity (Wildman–Crippen MR) is 31.3 cm³/mol. The van der Waals surface area contributed by atoms with Crippen LogP contribution in [0.5, 0.6) is 0 Å². The van der Waals surface area contributed by atoms with Gasteiger partial charge in [0.25, 0.3) is 0 Å². The zero-order chi connectivity index (χ0) is 7.28. The average molecular weight is 134 g/mol. The van der Waals surface area contributed by atoms with E-state index in [0.717, 1.165) is 0 Å². The molecule has 0 bridgehead atoms. The third kappa shape index (κ3) is 5.26. The third-order valence-electron chi connectivity index (χ3n) is 1.17. The molecule has 0 heterocycles. The van der Waals surface area contributed by atoms with Crippen molar-refractivity contribution in [3.63, 3.8) is 0 Å². The Morgan fingerprint density at radius 3 is 2.56 bits per heavy atom. The van der Waals surface area contributed by atoms with Gasteiger partial charge in [-0.1, -0.05) is 0 Å². The Morgan fingerprint density at radius 1 is 1.67 bits per heavy atom. The van der Waals surface area contributed by atoms with E-state index in [1.807, 2.05) is 0 Å². The highest BCUT2D eigenvalue weighted by Crippen LogP contribution is 1.88. The van der Waals surface area contributed by atoms with Crippen LogP contribution in [-0.2, 0) is 4.79 Å². The van der Waals surface area contributed by atoms with Gasteiger partial charge >= 0.3 is 5.97 Å². The molecule has 0 aliphatic heterocycles. The molecule has 0 fully saturated rings. The molecule has 0 radical (unpaired) electrons. The van der Waals surface area contributed by atoms with E-state index in [1.54, 1.807) is 0 Å². The van der Waals surface area contributed by atoms with Crippen LogP contribution >= 0.6 is 0 Å². The van der Waals surface area contributed by atoms with Crippen LogP contribution in [0.15, 0.2) is 0 Å². The van der Waals surface area contributed by atoms with E-state index in [1.165, 1.54) is 0 Å². The van der Waals surface area contributed by atoms with Crippen molar-refractivity contribution in [3.05, 3.63) is 0 Å². The van der Waals surface area contributed by atoms with Crippen molar-refractivity contribution < 1.29 is 21.4 Å². The summed E-state index contributed by atoms with van der Waals surface area (Å²) in [6.45, 7) is 0.716. The number of carboxylic acid groups (broad SMARTS) is 1. The van der Waals surface area contributed by atoms with Gasteiger partial charge in [0.05, 0.1) is 6.42 Å². The van der Waals surface area contributed by atoms with Crippen molar-refractivity contribution >= 4 is 5.97 Å². The number of hydrogen-bond acceptors (Lipinski definition) is 1. The Kier molecular flexibility index (Phi) is 4.00. The monoisotopic (exact) mass is 134 g/mol. The van der Waals surface area contributed by atoms with Crippen LogP contribution in [-0.4, -0.2) is 23.7 Å². The minimum atomic E-state index is -0.753. The van der Waals surface area contributed by atoms with E-state index in [0.29, 0.717) is 13.0 Å². The summed E-state index contributed by atoms with van der Waals surface area (Å²) >= 11 is 0. The highest BCUT2D eigenvalue weighted by Gasteiger charge is 2.07. The first kappa shape index (κ1) is 8.39. The summed E-state index contributed by atoms with van der Waals surface area (Å²) in [7, 11) is 0. The van der Waals surface area contributed by atoms with Crippen LogP contribution in [0.1, 0.15) is 12.8 Å². The maximum atomic E-state index is 9.97. The van der Waals surface area contributed by atoms with E-state index >= 15 is 0 Å². The molecule has 0 amide bonds. The zero-order valence-electron chi connectivity index (χ0n) is 5.47. The molecule has 9 heavy (non-hydrogen) atoms. The summed E-state index contributed by atoms with van der Waals surface area (Å²) in [5.74, 6) is -0.753. The van der Waals surface area contributed by atoms with Crippen LogP contribution in [0.3, 0.4) is 0 Å². The molecule has 0 saturated carbocycles. The standard InChI is InChI=1S/C5H12N2O2/c6-3-4(7)1-2-5(8)9/h4H,1-3,6-7H2,(H,8,9)/p+2/t4-/m1/s1. The second-order valence-electron chi connectivity index (χ2n) is 2.09. The van der Waals surface area contributed by atoms with E-state index in [9.17, 15) is 4.79 Å². The maximum Gasteiger partial charge on any atom is 0.303 e. The lowest BCUT2D eigenvalue weighted by atomic mass is 10.2. The van der Waals surface area contributed by atoms with Crippen LogP contribution < -0.4 is 11.5 Å². The number of aliphatic carboxylic acids is 1. The van der Waals surface area contributed by atoms with Gasteiger partial charge in [0.1, 0.15) is 12.6 Å². The van der Waals surface area contributed by atoms with E-state index in [2.05, 4.69) is 11.5 Å². The number of quaternary nitrogens is 2. The van der Waals surface area contributed by atoms with Gasteiger partial charge in [0.15, 0.2) is 0 Å². The van der Waals surface area contributed by atoms with Gasteiger partial charge in [0, 0.05) is 6.42 Å². The molecule has 1 atom stereocenters. The largest absolute Gasteiger partial charge is 0.481 e. The van der Waals surface area contributed by atoms with Crippen molar-refractivity contribution in [1.29, 1.82) is 0 Å². The second kappa shape index (κ2) is 4.29. The molecule has 4 nitrogen and oxygen atoms in total. The van der Waals surface area contributed by atoms with Crippen molar-refractivity contribution in [2.75, 3.05) is 6.54 Å². The van der Waals surface area contributed by atoms with Crippen LogP contribution in [0, 0.1) is 0 Å². The molecule has 0 aromatic heterocycles. The molecular formula is C5H14N2O2+2. The van der Waals surface area contributed by atoms with Gasteiger partial charge in [-0.2, -0.15) is 0 Å². The van der Waals surface area contributed by atoms with Crippen molar-refractivity contribution in [2.45, 2.75) is 18.9 Å². The molecule has 0 unspecified atom stereocenters. The fourth-order valence-electron chi connectivity index (χ4n) is 0.472. The topological polar surface area (TPSA) is 92.6 Å². The highest BCUT2D eigenvalue weighted by molar-refractivity contribution is 5.66. The first-order valence-corrected chi connectivity index (χ1v) is 3.01. The van der Waals surface area contributed by atoms with Gasteiger partial charge in [-0.3, -0.25) is 4.79 Å². The Morgan fingerprint density at radius 2 is 2.22 bits per heavy atom. The summed E-state index contributed by atoms with van der Waals surface area (Å²) in [5.41, 5.74) is 7.31. The Balaban J connectivity index is 3.16. The predicted octanol–water partition coefficient (Wildman–Crippen LogP) is -2.30. The molecule has 54 valence electrons. The van der Waals surface area contributed by atoms with E-state index in [4.69, 9.17) is 5.11 Å². The van der Waals surface area contributed by atoms with Crippen molar-refractivity contribution in [2.24, 2.45) is 0 Å². The van der Waals surface area contributed by atoms with Gasteiger partial charge in [-0.25, -0.2) is 0 Å². The molecule has 0 saturated heterocycles. The van der Waals surface area contributed by atoms with Crippen LogP contribution in [0.2, 0.25) is 0 Å². The highest BCUT2D eigenvalue weighted by atomic mass is 16.4. The number of rotatable bonds is 4. The van der Waals surface area contributed by atoms with Crippen LogP contribution in [0.4, 0.5) is 0 Å². The van der Waals surface area contributed by atoms with Crippen LogP contribution in [0.25, 0.3) is 0 Å². The molecule has 4 heteroatoms. The van der Waals surface area contributed by atoms with Crippen molar-refractivity contribution in [1.82, 2.24) is 0 Å². The molecule has 0 aromatic rings. The summed E-state index contributed by atoms with van der Waals surface area (Å²) in [6, 6.07) is 0.195. The molecule has 0 aliphatic rings. The number of carbonyl (C=O) groups is 1. The lowest BCUT2D eigenvalue weighted by molar-refractivity contribution is -0.494. The summed E-state index contributed by atoms with van der Waals surface area (Å²) in [4.78, 5) is 9.97.